The van der Waals surface area contributed by atoms with Gasteiger partial charge >= 0.3 is 0 Å². The largest absolute Gasteiger partial charge is 0.385 e. The lowest BCUT2D eigenvalue weighted by atomic mass is 9.85. The van der Waals surface area contributed by atoms with Crippen molar-refractivity contribution in [3.8, 4) is 0 Å². The molecule has 0 saturated heterocycles. The van der Waals surface area contributed by atoms with Crippen molar-refractivity contribution in [2.75, 3.05) is 0 Å². The molecule has 3 heteroatoms. The van der Waals surface area contributed by atoms with Crippen LogP contribution in [-0.4, -0.2) is 5.11 Å². The molecule has 1 nitrogen and oxygen atoms in total. The van der Waals surface area contributed by atoms with Gasteiger partial charge in [0.25, 0.3) is 0 Å². The second-order valence-electron chi connectivity index (χ2n) is 4.70. The zero-order valence-electron chi connectivity index (χ0n) is 10.7. The summed E-state index contributed by atoms with van der Waals surface area (Å²) in [4.78, 5) is 0. The number of aliphatic hydroxyl groups is 1. The molecule has 0 aliphatic rings. The van der Waals surface area contributed by atoms with Crippen LogP contribution in [0.5, 0.6) is 0 Å². The average Bonchev–Trinajstić information content (AvgIpc) is 2.38. The Balaban J connectivity index is 2.32. The van der Waals surface area contributed by atoms with E-state index in [0.29, 0.717) is 17.5 Å². The summed E-state index contributed by atoms with van der Waals surface area (Å²) in [6.07, 6.45) is 0.678. The van der Waals surface area contributed by atoms with E-state index in [0.717, 1.165) is 0 Å². The van der Waals surface area contributed by atoms with Crippen molar-refractivity contribution in [2.45, 2.75) is 25.4 Å². The zero-order chi connectivity index (χ0) is 13.9. The lowest BCUT2D eigenvalue weighted by Crippen LogP contribution is -2.27. The number of rotatable bonds is 4. The first-order valence-corrected chi connectivity index (χ1v) is 6.26. The number of benzene rings is 2. The minimum atomic E-state index is -1.18. The predicted octanol–water partition coefficient (Wildman–Crippen LogP) is 3.81. The van der Waals surface area contributed by atoms with E-state index in [1.807, 2.05) is 6.92 Å². The highest BCUT2D eigenvalue weighted by atomic mass is 19.1. The zero-order valence-corrected chi connectivity index (χ0v) is 10.7. The van der Waals surface area contributed by atoms with Crippen LogP contribution < -0.4 is 0 Å². The van der Waals surface area contributed by atoms with Crippen molar-refractivity contribution in [3.63, 3.8) is 0 Å². The summed E-state index contributed by atoms with van der Waals surface area (Å²) >= 11 is 0. The van der Waals surface area contributed by atoms with Gasteiger partial charge in [0.1, 0.15) is 11.6 Å². The summed E-state index contributed by atoms with van der Waals surface area (Å²) in [6, 6.07) is 12.0. The summed E-state index contributed by atoms with van der Waals surface area (Å²) in [7, 11) is 0. The lowest BCUT2D eigenvalue weighted by Gasteiger charge is -2.27. The van der Waals surface area contributed by atoms with Crippen LogP contribution >= 0.6 is 0 Å². The Labute approximate surface area is 111 Å². The topological polar surface area (TPSA) is 20.2 Å². The standard InChI is InChI=1S/C16H16F2O/c1-2-16(19,13-6-4-8-15(18)10-13)11-12-5-3-7-14(17)9-12/h3-10,19H,2,11H2,1H3. The summed E-state index contributed by atoms with van der Waals surface area (Å²) in [6.45, 7) is 1.82. The predicted molar refractivity (Wildman–Crippen MR) is 70.7 cm³/mol. The third-order valence-electron chi connectivity index (χ3n) is 3.33. The smallest absolute Gasteiger partial charge is 0.123 e. The van der Waals surface area contributed by atoms with Crippen LogP contribution in [0.1, 0.15) is 24.5 Å². The van der Waals surface area contributed by atoms with E-state index in [-0.39, 0.29) is 18.1 Å². The molecule has 0 aromatic heterocycles. The minimum Gasteiger partial charge on any atom is -0.385 e. The van der Waals surface area contributed by atoms with Gasteiger partial charge in [0.2, 0.25) is 0 Å². The van der Waals surface area contributed by atoms with Crippen LogP contribution in [0, 0.1) is 11.6 Å². The van der Waals surface area contributed by atoms with Gasteiger partial charge in [-0.25, -0.2) is 8.78 Å². The fourth-order valence-electron chi connectivity index (χ4n) is 2.19. The van der Waals surface area contributed by atoms with Gasteiger partial charge in [-0.2, -0.15) is 0 Å². The molecule has 0 spiro atoms. The van der Waals surface area contributed by atoms with Crippen molar-refractivity contribution in [1.29, 1.82) is 0 Å². The Bertz CT molecular complexity index is 568. The molecule has 1 N–H and O–H groups in total. The fourth-order valence-corrected chi connectivity index (χ4v) is 2.19. The molecule has 0 heterocycles. The number of hydrogen-bond donors (Lipinski definition) is 1. The van der Waals surface area contributed by atoms with Crippen LogP contribution in [0.25, 0.3) is 0 Å². The second kappa shape index (κ2) is 5.49. The first-order valence-electron chi connectivity index (χ1n) is 6.26. The Hall–Kier alpha value is -1.74. The highest BCUT2D eigenvalue weighted by molar-refractivity contribution is 5.27. The molecule has 0 aliphatic heterocycles. The first-order chi connectivity index (χ1) is 9.03. The molecule has 0 aliphatic carbocycles. The Kier molecular flexibility index (Phi) is 3.96. The first kappa shape index (κ1) is 13.7. The summed E-state index contributed by atoms with van der Waals surface area (Å²) in [5, 5.41) is 10.7. The van der Waals surface area contributed by atoms with Crippen molar-refractivity contribution in [3.05, 3.63) is 71.3 Å². The molecule has 2 rings (SSSR count). The minimum absolute atomic E-state index is 0.255. The Morgan fingerprint density at radius 1 is 1.00 bits per heavy atom. The molecule has 0 amide bonds. The normalized spacial score (nSPS) is 14.1. The fraction of sp³-hybridized carbons (Fsp3) is 0.250. The maximum absolute atomic E-state index is 13.3. The molecule has 0 fully saturated rings. The van der Waals surface area contributed by atoms with E-state index in [2.05, 4.69) is 0 Å². The lowest BCUT2D eigenvalue weighted by molar-refractivity contribution is 0.0324. The summed E-state index contributed by atoms with van der Waals surface area (Å²) in [5.41, 5.74) is 0.0171. The van der Waals surface area contributed by atoms with E-state index in [9.17, 15) is 13.9 Å². The van der Waals surface area contributed by atoms with Gasteiger partial charge in [-0.1, -0.05) is 31.2 Å². The van der Waals surface area contributed by atoms with E-state index in [1.54, 1.807) is 24.3 Å². The van der Waals surface area contributed by atoms with E-state index in [1.165, 1.54) is 24.3 Å². The highest BCUT2D eigenvalue weighted by Crippen LogP contribution is 2.29. The Morgan fingerprint density at radius 2 is 1.63 bits per heavy atom. The van der Waals surface area contributed by atoms with Gasteiger partial charge in [-0.15, -0.1) is 0 Å². The SMILES string of the molecule is CCC(O)(Cc1cccc(F)c1)c1cccc(F)c1. The van der Waals surface area contributed by atoms with Crippen LogP contribution in [0.2, 0.25) is 0 Å². The van der Waals surface area contributed by atoms with Crippen LogP contribution in [0.3, 0.4) is 0 Å². The van der Waals surface area contributed by atoms with Crippen molar-refractivity contribution < 1.29 is 13.9 Å². The molecule has 0 bridgehead atoms. The third-order valence-corrected chi connectivity index (χ3v) is 3.33. The molecule has 100 valence electrons. The van der Waals surface area contributed by atoms with Crippen molar-refractivity contribution >= 4 is 0 Å². The average molecular weight is 262 g/mol. The molecule has 1 atom stereocenters. The molecule has 2 aromatic carbocycles. The Morgan fingerprint density at radius 3 is 2.21 bits per heavy atom. The van der Waals surface area contributed by atoms with Gasteiger partial charge in [0.05, 0.1) is 5.60 Å². The van der Waals surface area contributed by atoms with Gasteiger partial charge in [0, 0.05) is 6.42 Å². The highest BCUT2D eigenvalue weighted by Gasteiger charge is 2.27. The summed E-state index contributed by atoms with van der Waals surface area (Å²) in [5.74, 6) is -0.723. The quantitative estimate of drug-likeness (QED) is 0.888. The van der Waals surface area contributed by atoms with Gasteiger partial charge in [-0.3, -0.25) is 0 Å². The van der Waals surface area contributed by atoms with Gasteiger partial charge in [0.15, 0.2) is 0 Å². The molecular weight excluding hydrogens is 246 g/mol. The maximum Gasteiger partial charge on any atom is 0.123 e. The molecular formula is C16H16F2O. The summed E-state index contributed by atoms with van der Waals surface area (Å²) < 4.78 is 26.4. The van der Waals surface area contributed by atoms with E-state index in [4.69, 9.17) is 0 Å². The molecule has 19 heavy (non-hydrogen) atoms. The second-order valence-corrected chi connectivity index (χ2v) is 4.70. The van der Waals surface area contributed by atoms with Gasteiger partial charge in [-0.05, 0) is 41.8 Å². The molecule has 0 radical (unpaired) electrons. The number of halogens is 2. The molecule has 1 unspecified atom stereocenters. The van der Waals surface area contributed by atoms with E-state index < -0.39 is 5.60 Å². The van der Waals surface area contributed by atoms with Gasteiger partial charge < -0.3 is 5.11 Å². The van der Waals surface area contributed by atoms with Crippen LogP contribution in [-0.2, 0) is 12.0 Å². The maximum atomic E-state index is 13.3. The van der Waals surface area contributed by atoms with Crippen LogP contribution in [0.4, 0.5) is 8.78 Å². The van der Waals surface area contributed by atoms with Crippen molar-refractivity contribution in [1.82, 2.24) is 0 Å². The number of hydrogen-bond acceptors (Lipinski definition) is 1. The molecule has 2 aromatic rings. The van der Waals surface area contributed by atoms with E-state index >= 15 is 0 Å². The monoisotopic (exact) mass is 262 g/mol. The van der Waals surface area contributed by atoms with Crippen molar-refractivity contribution in [2.24, 2.45) is 0 Å². The van der Waals surface area contributed by atoms with Crippen LogP contribution in [0.15, 0.2) is 48.5 Å². The molecule has 0 saturated carbocycles. The third kappa shape index (κ3) is 3.18.